The van der Waals surface area contributed by atoms with Crippen LogP contribution >= 0.6 is 11.6 Å². The van der Waals surface area contributed by atoms with Gasteiger partial charge in [-0.2, -0.15) is 0 Å². The molecule has 0 aromatic heterocycles. The number of hydrogen-bond acceptors (Lipinski definition) is 1. The second-order valence-electron chi connectivity index (χ2n) is 5.17. The van der Waals surface area contributed by atoms with E-state index in [0.717, 1.165) is 18.5 Å². The fourth-order valence-corrected chi connectivity index (χ4v) is 2.49. The van der Waals surface area contributed by atoms with Crippen LogP contribution in [0, 0.1) is 5.82 Å². The lowest BCUT2D eigenvalue weighted by Gasteiger charge is -2.29. The predicted octanol–water partition coefficient (Wildman–Crippen LogP) is 4.14. The Morgan fingerprint density at radius 3 is 2.59 bits per heavy atom. The molecular formula is C14H21ClFN. The SMILES string of the molecule is CCNC(C)CC(C)(C)c1ccc(Cl)cc1F. The van der Waals surface area contributed by atoms with Crippen molar-refractivity contribution in [1.29, 1.82) is 0 Å². The molecule has 0 radical (unpaired) electrons. The van der Waals surface area contributed by atoms with Gasteiger partial charge >= 0.3 is 0 Å². The molecular weight excluding hydrogens is 237 g/mol. The van der Waals surface area contributed by atoms with Crippen molar-refractivity contribution in [3.63, 3.8) is 0 Å². The Morgan fingerprint density at radius 1 is 1.41 bits per heavy atom. The highest BCUT2D eigenvalue weighted by Gasteiger charge is 2.26. The molecule has 1 atom stereocenters. The van der Waals surface area contributed by atoms with Gasteiger partial charge in [-0.25, -0.2) is 4.39 Å². The van der Waals surface area contributed by atoms with Crippen LogP contribution in [0.1, 0.15) is 39.7 Å². The molecule has 1 unspecified atom stereocenters. The predicted molar refractivity (Wildman–Crippen MR) is 72.2 cm³/mol. The lowest BCUT2D eigenvalue weighted by molar-refractivity contribution is 0.381. The van der Waals surface area contributed by atoms with Crippen LogP contribution in [0.3, 0.4) is 0 Å². The Balaban J connectivity index is 2.88. The van der Waals surface area contributed by atoms with Crippen LogP contribution in [0.15, 0.2) is 18.2 Å². The number of nitrogens with one attached hydrogen (secondary N) is 1. The first kappa shape index (κ1) is 14.5. The highest BCUT2D eigenvalue weighted by atomic mass is 35.5. The first-order valence-corrected chi connectivity index (χ1v) is 6.43. The largest absolute Gasteiger partial charge is 0.315 e. The summed E-state index contributed by atoms with van der Waals surface area (Å²) >= 11 is 5.77. The molecule has 0 heterocycles. The van der Waals surface area contributed by atoms with E-state index in [9.17, 15) is 4.39 Å². The zero-order valence-electron chi connectivity index (χ0n) is 11.0. The van der Waals surface area contributed by atoms with Gasteiger partial charge in [0, 0.05) is 11.1 Å². The second kappa shape index (κ2) is 5.83. The third-order valence-corrected chi connectivity index (χ3v) is 3.26. The molecule has 1 N–H and O–H groups in total. The first-order chi connectivity index (χ1) is 7.86. The van der Waals surface area contributed by atoms with Crippen LogP contribution in [0.4, 0.5) is 4.39 Å². The van der Waals surface area contributed by atoms with Crippen LogP contribution in [0.25, 0.3) is 0 Å². The van der Waals surface area contributed by atoms with E-state index in [-0.39, 0.29) is 11.2 Å². The fourth-order valence-electron chi connectivity index (χ4n) is 2.33. The molecule has 0 fully saturated rings. The zero-order valence-corrected chi connectivity index (χ0v) is 11.7. The lowest BCUT2D eigenvalue weighted by atomic mass is 9.79. The Hall–Kier alpha value is -0.600. The van der Waals surface area contributed by atoms with Gasteiger partial charge in [0.2, 0.25) is 0 Å². The molecule has 1 rings (SSSR count). The highest BCUT2D eigenvalue weighted by Crippen LogP contribution is 2.31. The van der Waals surface area contributed by atoms with E-state index in [2.05, 4.69) is 33.0 Å². The molecule has 96 valence electrons. The molecule has 17 heavy (non-hydrogen) atoms. The van der Waals surface area contributed by atoms with Crippen molar-refractivity contribution >= 4 is 11.6 Å². The van der Waals surface area contributed by atoms with E-state index in [1.165, 1.54) is 6.07 Å². The summed E-state index contributed by atoms with van der Waals surface area (Å²) in [7, 11) is 0. The molecule has 3 heteroatoms. The third kappa shape index (κ3) is 3.97. The molecule has 0 aliphatic rings. The topological polar surface area (TPSA) is 12.0 Å². The van der Waals surface area contributed by atoms with Gasteiger partial charge in [0.25, 0.3) is 0 Å². The van der Waals surface area contributed by atoms with Crippen LogP contribution < -0.4 is 5.32 Å². The number of benzene rings is 1. The van der Waals surface area contributed by atoms with Crippen molar-refractivity contribution < 1.29 is 4.39 Å². The van der Waals surface area contributed by atoms with Crippen molar-refractivity contribution in [2.75, 3.05) is 6.54 Å². The highest BCUT2D eigenvalue weighted by molar-refractivity contribution is 6.30. The molecule has 0 bridgehead atoms. The molecule has 0 amide bonds. The van der Waals surface area contributed by atoms with Crippen molar-refractivity contribution in [2.45, 2.75) is 45.6 Å². The van der Waals surface area contributed by atoms with Crippen LogP contribution in [0.2, 0.25) is 5.02 Å². The maximum absolute atomic E-state index is 13.9. The Labute approximate surface area is 108 Å². The van der Waals surface area contributed by atoms with Crippen molar-refractivity contribution in [1.82, 2.24) is 5.32 Å². The van der Waals surface area contributed by atoms with E-state index in [0.29, 0.717) is 11.1 Å². The average Bonchev–Trinajstić information content (AvgIpc) is 2.15. The summed E-state index contributed by atoms with van der Waals surface area (Å²) in [4.78, 5) is 0. The van der Waals surface area contributed by atoms with E-state index in [4.69, 9.17) is 11.6 Å². The normalized spacial score (nSPS) is 13.8. The Morgan fingerprint density at radius 2 is 2.06 bits per heavy atom. The summed E-state index contributed by atoms with van der Waals surface area (Å²) in [5.41, 5.74) is 0.530. The first-order valence-electron chi connectivity index (χ1n) is 6.05. The number of halogens is 2. The van der Waals surface area contributed by atoms with E-state index >= 15 is 0 Å². The summed E-state index contributed by atoms with van der Waals surface area (Å²) in [5.74, 6) is -0.216. The van der Waals surface area contributed by atoms with Gasteiger partial charge in [-0.1, -0.05) is 38.4 Å². The molecule has 1 aromatic carbocycles. The van der Waals surface area contributed by atoms with E-state index in [1.54, 1.807) is 12.1 Å². The van der Waals surface area contributed by atoms with Crippen LogP contribution in [-0.2, 0) is 5.41 Å². The lowest BCUT2D eigenvalue weighted by Crippen LogP contribution is -2.33. The smallest absolute Gasteiger partial charge is 0.128 e. The number of hydrogen-bond donors (Lipinski definition) is 1. The number of rotatable bonds is 5. The minimum atomic E-state index is -0.216. The molecule has 0 saturated heterocycles. The van der Waals surface area contributed by atoms with E-state index < -0.39 is 0 Å². The second-order valence-corrected chi connectivity index (χ2v) is 5.61. The fraction of sp³-hybridized carbons (Fsp3) is 0.571. The van der Waals surface area contributed by atoms with E-state index in [1.807, 2.05) is 0 Å². The van der Waals surface area contributed by atoms with Crippen molar-refractivity contribution in [3.8, 4) is 0 Å². The van der Waals surface area contributed by atoms with Crippen LogP contribution in [-0.4, -0.2) is 12.6 Å². The Kier molecular flexibility index (Phi) is 4.96. The summed E-state index contributed by atoms with van der Waals surface area (Å²) in [6.07, 6.45) is 0.888. The molecule has 0 aliphatic heterocycles. The molecule has 1 aromatic rings. The third-order valence-electron chi connectivity index (χ3n) is 3.03. The summed E-state index contributed by atoms with van der Waals surface area (Å²) in [5, 5.41) is 3.80. The van der Waals surface area contributed by atoms with Gasteiger partial charge in [0.15, 0.2) is 0 Å². The zero-order chi connectivity index (χ0) is 13.1. The standard InChI is InChI=1S/C14H21ClFN/c1-5-17-10(2)9-14(3,4)12-7-6-11(15)8-13(12)16/h6-8,10,17H,5,9H2,1-4H3. The average molecular weight is 258 g/mol. The minimum Gasteiger partial charge on any atom is -0.315 e. The summed E-state index contributed by atoms with van der Waals surface area (Å²) < 4.78 is 13.9. The molecule has 1 nitrogen and oxygen atoms in total. The maximum Gasteiger partial charge on any atom is 0.128 e. The molecule has 0 spiro atoms. The quantitative estimate of drug-likeness (QED) is 0.836. The monoisotopic (exact) mass is 257 g/mol. The summed E-state index contributed by atoms with van der Waals surface area (Å²) in [6, 6.07) is 5.29. The Bertz CT molecular complexity index is 376. The van der Waals surface area contributed by atoms with Crippen LogP contribution in [0.5, 0.6) is 0 Å². The maximum atomic E-state index is 13.9. The summed E-state index contributed by atoms with van der Waals surface area (Å²) in [6.45, 7) is 9.26. The molecule has 0 aliphatic carbocycles. The van der Waals surface area contributed by atoms with Crippen molar-refractivity contribution in [2.24, 2.45) is 0 Å². The van der Waals surface area contributed by atoms with Gasteiger partial charge < -0.3 is 5.32 Å². The minimum absolute atomic E-state index is 0.198. The van der Waals surface area contributed by atoms with Gasteiger partial charge in [-0.05, 0) is 43.0 Å². The van der Waals surface area contributed by atoms with Crippen molar-refractivity contribution in [3.05, 3.63) is 34.6 Å². The van der Waals surface area contributed by atoms with Gasteiger partial charge in [-0.15, -0.1) is 0 Å². The molecule has 0 saturated carbocycles. The van der Waals surface area contributed by atoms with Gasteiger partial charge in [-0.3, -0.25) is 0 Å². The van der Waals surface area contributed by atoms with Gasteiger partial charge in [0.1, 0.15) is 5.82 Å². The van der Waals surface area contributed by atoms with Gasteiger partial charge in [0.05, 0.1) is 0 Å².